The number of Topliss-reactive ketones (excluding diaryl/α,β-unsaturated/α-hetero) is 1. The molecule has 1 aromatic carbocycles. The number of amides is 1. The van der Waals surface area contributed by atoms with Crippen molar-refractivity contribution >= 4 is 29.3 Å². The summed E-state index contributed by atoms with van der Waals surface area (Å²) < 4.78 is 4.55. The van der Waals surface area contributed by atoms with Crippen LogP contribution in [-0.2, 0) is 25.5 Å². The predicted octanol–water partition coefficient (Wildman–Crippen LogP) is 1.08. The van der Waals surface area contributed by atoms with Gasteiger partial charge in [-0.15, -0.1) is 0 Å². The van der Waals surface area contributed by atoms with Gasteiger partial charge >= 0.3 is 5.97 Å². The minimum Gasteiger partial charge on any atom is -0.468 e. The molecule has 1 aliphatic heterocycles. The van der Waals surface area contributed by atoms with Crippen molar-refractivity contribution in [3.05, 3.63) is 34.9 Å². The number of methoxy groups -OCH3 is 1. The van der Waals surface area contributed by atoms with Crippen LogP contribution in [-0.4, -0.2) is 42.8 Å². The summed E-state index contributed by atoms with van der Waals surface area (Å²) in [6.45, 7) is 0.0596. The van der Waals surface area contributed by atoms with Crippen LogP contribution in [0.15, 0.2) is 24.3 Å². The Kier molecular flexibility index (Phi) is 4.39. The van der Waals surface area contributed by atoms with Crippen LogP contribution in [0.3, 0.4) is 0 Å². The third kappa shape index (κ3) is 3.17. The number of esters is 1. The number of benzene rings is 1. The number of hydrogen-bond acceptors (Lipinski definition) is 4. The van der Waals surface area contributed by atoms with Gasteiger partial charge in [0.2, 0.25) is 5.91 Å². The lowest BCUT2D eigenvalue weighted by molar-refractivity contribution is -0.147. The number of ketones is 1. The van der Waals surface area contributed by atoms with Gasteiger partial charge in [0, 0.05) is 11.6 Å². The molecule has 2 rings (SSSR count). The summed E-state index contributed by atoms with van der Waals surface area (Å²) in [6, 6.07) is 6.93. The summed E-state index contributed by atoms with van der Waals surface area (Å²) in [5, 5.41) is 0.600. The van der Waals surface area contributed by atoms with E-state index in [2.05, 4.69) is 4.74 Å². The van der Waals surface area contributed by atoms with Crippen molar-refractivity contribution in [3.63, 3.8) is 0 Å². The number of likely N-dealkylation sites (tertiary alicyclic amines) is 1. The van der Waals surface area contributed by atoms with Crippen LogP contribution in [0.25, 0.3) is 0 Å². The van der Waals surface area contributed by atoms with E-state index in [0.29, 0.717) is 5.02 Å². The van der Waals surface area contributed by atoms with Crippen LogP contribution in [0.2, 0.25) is 5.02 Å². The minimum atomic E-state index is -0.853. The van der Waals surface area contributed by atoms with E-state index in [9.17, 15) is 14.4 Å². The standard InChI is InChI=1S/C14H14ClNO4/c1-20-14(19)11-7-16(8-12(11)17)13(18)6-9-2-4-10(15)5-3-9/h2-5,11H,6-8H2,1H3. The molecule has 20 heavy (non-hydrogen) atoms. The van der Waals surface area contributed by atoms with E-state index in [-0.39, 0.29) is 31.2 Å². The zero-order valence-corrected chi connectivity index (χ0v) is 11.7. The maximum atomic E-state index is 12.1. The predicted molar refractivity (Wildman–Crippen MR) is 72.2 cm³/mol. The van der Waals surface area contributed by atoms with E-state index < -0.39 is 11.9 Å². The summed E-state index contributed by atoms with van der Waals surface area (Å²) in [6.07, 6.45) is 0.179. The molecule has 1 saturated heterocycles. The number of hydrogen-bond donors (Lipinski definition) is 0. The molecule has 0 spiro atoms. The molecule has 1 heterocycles. The molecule has 1 aromatic rings. The molecule has 1 amide bonds. The van der Waals surface area contributed by atoms with Crippen LogP contribution in [0.5, 0.6) is 0 Å². The van der Waals surface area contributed by atoms with Crippen molar-refractivity contribution in [2.75, 3.05) is 20.2 Å². The fourth-order valence-electron chi connectivity index (χ4n) is 2.11. The van der Waals surface area contributed by atoms with Gasteiger partial charge in [-0.25, -0.2) is 0 Å². The van der Waals surface area contributed by atoms with Gasteiger partial charge in [0.15, 0.2) is 5.78 Å². The second-order valence-electron chi connectivity index (χ2n) is 4.62. The van der Waals surface area contributed by atoms with Gasteiger partial charge in [0.1, 0.15) is 5.92 Å². The van der Waals surface area contributed by atoms with E-state index in [1.165, 1.54) is 12.0 Å². The number of rotatable bonds is 3. The molecule has 0 aliphatic carbocycles. The number of nitrogens with zero attached hydrogens (tertiary/aromatic N) is 1. The smallest absolute Gasteiger partial charge is 0.318 e. The summed E-state index contributed by atoms with van der Waals surface area (Å²) in [4.78, 5) is 36.5. The van der Waals surface area contributed by atoms with Gasteiger partial charge < -0.3 is 9.64 Å². The SMILES string of the molecule is COC(=O)C1CN(C(=O)Cc2ccc(Cl)cc2)CC1=O. The van der Waals surface area contributed by atoms with Gasteiger partial charge in [-0.1, -0.05) is 23.7 Å². The third-order valence-electron chi connectivity index (χ3n) is 3.25. The highest BCUT2D eigenvalue weighted by molar-refractivity contribution is 6.30. The quantitative estimate of drug-likeness (QED) is 0.618. The zero-order valence-electron chi connectivity index (χ0n) is 11.0. The summed E-state index contributed by atoms with van der Waals surface area (Å²) in [5.74, 6) is -1.90. The Morgan fingerprint density at radius 1 is 1.35 bits per heavy atom. The first-order chi connectivity index (χ1) is 9.51. The van der Waals surface area contributed by atoms with Gasteiger partial charge in [-0.3, -0.25) is 14.4 Å². The fraction of sp³-hybridized carbons (Fsp3) is 0.357. The molecule has 0 N–H and O–H groups in total. The monoisotopic (exact) mass is 295 g/mol. The zero-order chi connectivity index (χ0) is 14.7. The fourth-order valence-corrected chi connectivity index (χ4v) is 2.24. The lowest BCUT2D eigenvalue weighted by Gasteiger charge is -2.15. The van der Waals surface area contributed by atoms with Crippen molar-refractivity contribution in [2.24, 2.45) is 5.92 Å². The van der Waals surface area contributed by atoms with Gasteiger partial charge in [0.25, 0.3) is 0 Å². The molecule has 5 nitrogen and oxygen atoms in total. The van der Waals surface area contributed by atoms with E-state index in [1.807, 2.05) is 0 Å². The average Bonchev–Trinajstić information content (AvgIpc) is 2.82. The molecular formula is C14H14ClNO4. The minimum absolute atomic E-state index is 0.0355. The highest BCUT2D eigenvalue weighted by Gasteiger charge is 2.38. The lowest BCUT2D eigenvalue weighted by atomic mass is 10.1. The molecule has 0 bridgehead atoms. The number of carbonyl (C=O) groups is 3. The Morgan fingerprint density at radius 2 is 2.00 bits per heavy atom. The second-order valence-corrected chi connectivity index (χ2v) is 5.06. The van der Waals surface area contributed by atoms with Crippen molar-refractivity contribution in [3.8, 4) is 0 Å². The number of halogens is 1. The maximum absolute atomic E-state index is 12.1. The Labute approximate surface area is 121 Å². The Hall–Kier alpha value is -1.88. The van der Waals surface area contributed by atoms with E-state index in [1.54, 1.807) is 24.3 Å². The van der Waals surface area contributed by atoms with Crippen LogP contribution in [0.4, 0.5) is 0 Å². The van der Waals surface area contributed by atoms with Crippen molar-refractivity contribution in [2.45, 2.75) is 6.42 Å². The lowest BCUT2D eigenvalue weighted by Crippen LogP contribution is -2.31. The Balaban J connectivity index is 1.99. The molecule has 0 aromatic heterocycles. The van der Waals surface area contributed by atoms with E-state index in [0.717, 1.165) is 5.56 Å². The Morgan fingerprint density at radius 3 is 2.60 bits per heavy atom. The first-order valence-corrected chi connectivity index (χ1v) is 6.52. The summed E-state index contributed by atoms with van der Waals surface area (Å²) >= 11 is 5.77. The maximum Gasteiger partial charge on any atom is 0.318 e. The highest BCUT2D eigenvalue weighted by Crippen LogP contribution is 2.16. The van der Waals surface area contributed by atoms with E-state index in [4.69, 9.17) is 11.6 Å². The molecule has 1 fully saturated rings. The van der Waals surface area contributed by atoms with Crippen LogP contribution >= 0.6 is 11.6 Å². The van der Waals surface area contributed by atoms with Gasteiger partial charge in [-0.05, 0) is 17.7 Å². The normalized spacial score (nSPS) is 18.2. The van der Waals surface area contributed by atoms with Crippen LogP contribution in [0, 0.1) is 5.92 Å². The molecule has 6 heteroatoms. The van der Waals surface area contributed by atoms with Gasteiger partial charge in [-0.2, -0.15) is 0 Å². The van der Waals surface area contributed by atoms with Crippen LogP contribution < -0.4 is 0 Å². The van der Waals surface area contributed by atoms with Crippen molar-refractivity contribution < 1.29 is 19.1 Å². The first-order valence-electron chi connectivity index (χ1n) is 6.14. The highest BCUT2D eigenvalue weighted by atomic mass is 35.5. The molecule has 1 unspecified atom stereocenters. The second kappa shape index (κ2) is 6.05. The topological polar surface area (TPSA) is 63.7 Å². The number of ether oxygens (including phenoxy) is 1. The molecule has 1 atom stereocenters. The summed E-state index contributed by atoms with van der Waals surface area (Å²) in [7, 11) is 1.23. The van der Waals surface area contributed by atoms with E-state index >= 15 is 0 Å². The molecule has 0 saturated carbocycles. The van der Waals surface area contributed by atoms with Crippen LogP contribution in [0.1, 0.15) is 5.56 Å². The first kappa shape index (κ1) is 14.5. The average molecular weight is 296 g/mol. The third-order valence-corrected chi connectivity index (χ3v) is 3.50. The molecule has 106 valence electrons. The molecular weight excluding hydrogens is 282 g/mol. The van der Waals surface area contributed by atoms with Crippen molar-refractivity contribution in [1.82, 2.24) is 4.90 Å². The largest absolute Gasteiger partial charge is 0.468 e. The van der Waals surface area contributed by atoms with Crippen molar-refractivity contribution in [1.29, 1.82) is 0 Å². The van der Waals surface area contributed by atoms with Gasteiger partial charge in [0.05, 0.1) is 20.1 Å². The summed E-state index contributed by atoms with van der Waals surface area (Å²) in [5.41, 5.74) is 0.813. The number of carbonyl (C=O) groups excluding carboxylic acids is 3. The molecule has 1 aliphatic rings. The Bertz CT molecular complexity index is 541. The molecule has 0 radical (unpaired) electrons.